The molecule has 4 nitrogen and oxygen atoms in total. The molecule has 156 valence electrons. The second-order valence-electron chi connectivity index (χ2n) is 7.45. The number of anilines is 1. The fraction of sp³-hybridized carbons (Fsp3) is 0.154. The van der Waals surface area contributed by atoms with E-state index >= 15 is 0 Å². The molecule has 0 unspecified atom stereocenters. The Morgan fingerprint density at radius 1 is 1.00 bits per heavy atom. The van der Waals surface area contributed by atoms with Crippen LogP contribution in [0.3, 0.4) is 0 Å². The predicted molar refractivity (Wildman–Crippen MR) is 127 cm³/mol. The largest absolute Gasteiger partial charge is 0.494 e. The van der Waals surface area contributed by atoms with E-state index in [9.17, 15) is 4.79 Å². The van der Waals surface area contributed by atoms with E-state index < -0.39 is 0 Å². The van der Waals surface area contributed by atoms with E-state index in [0.717, 1.165) is 39.0 Å². The third-order valence-corrected chi connectivity index (χ3v) is 5.31. The van der Waals surface area contributed by atoms with Gasteiger partial charge >= 0.3 is 0 Å². The quantitative estimate of drug-likeness (QED) is 0.377. The number of aryl methyl sites for hydroxylation is 2. The summed E-state index contributed by atoms with van der Waals surface area (Å²) in [7, 11) is 0. The van der Waals surface area contributed by atoms with E-state index in [1.807, 2.05) is 81.4 Å². The highest BCUT2D eigenvalue weighted by molar-refractivity contribution is 6.30. The van der Waals surface area contributed by atoms with Gasteiger partial charge in [0.1, 0.15) is 5.75 Å². The van der Waals surface area contributed by atoms with Crippen LogP contribution in [0.15, 0.2) is 66.7 Å². The Kier molecular flexibility index (Phi) is 5.92. The van der Waals surface area contributed by atoms with Crippen molar-refractivity contribution in [1.29, 1.82) is 0 Å². The Hall–Kier alpha value is -3.37. The zero-order chi connectivity index (χ0) is 22.0. The van der Waals surface area contributed by atoms with E-state index in [0.29, 0.717) is 22.9 Å². The van der Waals surface area contributed by atoms with Crippen molar-refractivity contribution >= 4 is 34.1 Å². The molecule has 5 heteroatoms. The van der Waals surface area contributed by atoms with Crippen molar-refractivity contribution < 1.29 is 9.53 Å². The first-order valence-electron chi connectivity index (χ1n) is 10.2. The van der Waals surface area contributed by atoms with Gasteiger partial charge in [0, 0.05) is 21.7 Å². The number of nitrogens with one attached hydrogen (secondary N) is 1. The summed E-state index contributed by atoms with van der Waals surface area (Å²) in [4.78, 5) is 18.2. The average Bonchev–Trinajstić information content (AvgIpc) is 2.75. The smallest absolute Gasteiger partial charge is 0.256 e. The van der Waals surface area contributed by atoms with Gasteiger partial charge in [0.2, 0.25) is 0 Å². The number of ether oxygens (including phenoxy) is 1. The average molecular weight is 431 g/mol. The molecule has 1 aromatic heterocycles. The van der Waals surface area contributed by atoms with Crippen LogP contribution in [0.1, 0.15) is 28.4 Å². The second kappa shape index (κ2) is 8.78. The predicted octanol–water partition coefficient (Wildman–Crippen LogP) is 6.82. The van der Waals surface area contributed by atoms with Crippen molar-refractivity contribution in [2.45, 2.75) is 20.8 Å². The van der Waals surface area contributed by atoms with E-state index in [1.54, 1.807) is 0 Å². The van der Waals surface area contributed by atoms with Gasteiger partial charge in [-0.05, 0) is 74.9 Å². The third kappa shape index (κ3) is 4.54. The second-order valence-corrected chi connectivity index (χ2v) is 7.89. The minimum atomic E-state index is -0.184. The monoisotopic (exact) mass is 430 g/mol. The molecule has 1 amide bonds. The molecular formula is C26H23ClN2O2. The molecule has 0 fully saturated rings. The molecule has 0 bridgehead atoms. The number of fused-ring (bicyclic) bond motifs is 1. The summed E-state index contributed by atoms with van der Waals surface area (Å²) in [6.07, 6.45) is 0. The van der Waals surface area contributed by atoms with Gasteiger partial charge in [-0.1, -0.05) is 35.4 Å². The molecule has 0 saturated heterocycles. The number of hydrogen-bond acceptors (Lipinski definition) is 3. The molecule has 4 aromatic rings. The fourth-order valence-electron chi connectivity index (χ4n) is 3.64. The van der Waals surface area contributed by atoms with Crippen LogP contribution in [0, 0.1) is 13.8 Å². The van der Waals surface area contributed by atoms with Crippen molar-refractivity contribution in [2.24, 2.45) is 0 Å². The van der Waals surface area contributed by atoms with Gasteiger partial charge in [-0.2, -0.15) is 0 Å². The highest BCUT2D eigenvalue weighted by Crippen LogP contribution is 2.29. The lowest BCUT2D eigenvalue weighted by atomic mass is 9.99. The van der Waals surface area contributed by atoms with Crippen LogP contribution in [0.2, 0.25) is 5.02 Å². The van der Waals surface area contributed by atoms with Crippen LogP contribution in [0.4, 0.5) is 5.69 Å². The Labute approximate surface area is 186 Å². The number of halogens is 1. The maximum absolute atomic E-state index is 13.3. The van der Waals surface area contributed by atoms with Gasteiger partial charge in [-0.3, -0.25) is 4.79 Å². The number of carbonyl (C=O) groups excluding carboxylic acids is 1. The van der Waals surface area contributed by atoms with Gasteiger partial charge in [-0.15, -0.1) is 0 Å². The summed E-state index contributed by atoms with van der Waals surface area (Å²) >= 11 is 6.05. The number of hydrogen-bond donors (Lipinski definition) is 1. The van der Waals surface area contributed by atoms with E-state index in [4.69, 9.17) is 21.3 Å². The molecule has 0 atom stereocenters. The Morgan fingerprint density at radius 3 is 2.39 bits per heavy atom. The standard InChI is InChI=1S/C26H23ClN2O2/c1-4-31-21-11-9-20(10-12-21)28-26(30)23-15-24(18-5-7-19(27)8-6-18)29-25-17(3)13-16(2)14-22(23)25/h5-15H,4H2,1-3H3,(H,28,30). The summed E-state index contributed by atoms with van der Waals surface area (Å²) in [5.74, 6) is 0.586. The van der Waals surface area contributed by atoms with Crippen LogP contribution >= 0.6 is 11.6 Å². The van der Waals surface area contributed by atoms with Gasteiger partial charge in [0.05, 0.1) is 23.4 Å². The van der Waals surface area contributed by atoms with Crippen LogP contribution in [-0.2, 0) is 0 Å². The number of carbonyl (C=O) groups is 1. The molecule has 3 aromatic carbocycles. The van der Waals surface area contributed by atoms with Crippen LogP contribution in [0.5, 0.6) is 5.75 Å². The number of nitrogens with zero attached hydrogens (tertiary/aromatic N) is 1. The molecule has 0 aliphatic rings. The van der Waals surface area contributed by atoms with Crippen LogP contribution < -0.4 is 10.1 Å². The maximum atomic E-state index is 13.3. The minimum Gasteiger partial charge on any atom is -0.494 e. The molecule has 0 aliphatic carbocycles. The van der Waals surface area contributed by atoms with E-state index in [1.165, 1.54) is 0 Å². The molecular weight excluding hydrogens is 408 g/mol. The van der Waals surface area contributed by atoms with Crippen molar-refractivity contribution in [2.75, 3.05) is 11.9 Å². The SMILES string of the molecule is CCOc1ccc(NC(=O)c2cc(-c3ccc(Cl)cc3)nc3c(C)cc(C)cc23)cc1. The van der Waals surface area contributed by atoms with Crippen molar-refractivity contribution in [3.8, 4) is 17.0 Å². The third-order valence-electron chi connectivity index (χ3n) is 5.06. The lowest BCUT2D eigenvalue weighted by Gasteiger charge is -2.13. The van der Waals surface area contributed by atoms with Crippen molar-refractivity contribution in [1.82, 2.24) is 4.98 Å². The molecule has 1 N–H and O–H groups in total. The normalized spacial score (nSPS) is 10.8. The zero-order valence-electron chi connectivity index (χ0n) is 17.7. The maximum Gasteiger partial charge on any atom is 0.256 e. The molecule has 0 spiro atoms. The number of rotatable bonds is 5. The van der Waals surface area contributed by atoms with E-state index in [2.05, 4.69) is 11.4 Å². The van der Waals surface area contributed by atoms with Crippen LogP contribution in [-0.4, -0.2) is 17.5 Å². The summed E-state index contributed by atoms with van der Waals surface area (Å²) < 4.78 is 5.48. The summed E-state index contributed by atoms with van der Waals surface area (Å²) in [6.45, 7) is 6.57. The summed E-state index contributed by atoms with van der Waals surface area (Å²) in [6, 6.07) is 20.8. The highest BCUT2D eigenvalue weighted by atomic mass is 35.5. The fourth-order valence-corrected chi connectivity index (χ4v) is 3.76. The van der Waals surface area contributed by atoms with Gasteiger partial charge in [0.25, 0.3) is 5.91 Å². The molecule has 1 heterocycles. The highest BCUT2D eigenvalue weighted by Gasteiger charge is 2.16. The van der Waals surface area contributed by atoms with Gasteiger partial charge in [-0.25, -0.2) is 4.98 Å². The number of amides is 1. The molecule has 0 aliphatic heterocycles. The first-order chi connectivity index (χ1) is 14.9. The molecule has 0 radical (unpaired) electrons. The van der Waals surface area contributed by atoms with Crippen molar-refractivity contribution in [3.63, 3.8) is 0 Å². The number of pyridine rings is 1. The Balaban J connectivity index is 1.78. The van der Waals surface area contributed by atoms with E-state index in [-0.39, 0.29) is 5.91 Å². The first-order valence-corrected chi connectivity index (χ1v) is 10.5. The first kappa shape index (κ1) is 20.9. The lowest BCUT2D eigenvalue weighted by Crippen LogP contribution is -2.13. The minimum absolute atomic E-state index is 0.184. The Morgan fingerprint density at radius 2 is 1.71 bits per heavy atom. The molecule has 4 rings (SSSR count). The summed E-state index contributed by atoms with van der Waals surface area (Å²) in [5.41, 5.74) is 5.85. The Bertz CT molecular complexity index is 1250. The van der Waals surface area contributed by atoms with Gasteiger partial charge < -0.3 is 10.1 Å². The molecule has 31 heavy (non-hydrogen) atoms. The topological polar surface area (TPSA) is 51.2 Å². The number of aromatic nitrogens is 1. The summed E-state index contributed by atoms with van der Waals surface area (Å²) in [5, 5.41) is 4.49. The van der Waals surface area contributed by atoms with Gasteiger partial charge in [0.15, 0.2) is 0 Å². The van der Waals surface area contributed by atoms with Crippen LogP contribution in [0.25, 0.3) is 22.2 Å². The molecule has 0 saturated carbocycles. The zero-order valence-corrected chi connectivity index (χ0v) is 18.5. The van der Waals surface area contributed by atoms with Crippen molar-refractivity contribution in [3.05, 3.63) is 88.4 Å². The number of benzene rings is 3. The lowest BCUT2D eigenvalue weighted by molar-refractivity contribution is 0.102.